The lowest BCUT2D eigenvalue weighted by Gasteiger charge is -2.03. The van der Waals surface area contributed by atoms with Gasteiger partial charge in [-0.1, -0.05) is 0 Å². The summed E-state index contributed by atoms with van der Waals surface area (Å²) >= 11 is 0. The van der Waals surface area contributed by atoms with Gasteiger partial charge in [-0.2, -0.15) is 0 Å². The van der Waals surface area contributed by atoms with Crippen LogP contribution in [0.2, 0.25) is 0 Å². The molecule has 4 nitrogen and oxygen atoms in total. The van der Waals surface area contributed by atoms with E-state index in [1.54, 1.807) is 12.1 Å². The summed E-state index contributed by atoms with van der Waals surface area (Å²) in [5, 5.41) is 11.6. The average molecular weight is 180 g/mol. The molecule has 1 aromatic rings. The fourth-order valence-electron chi connectivity index (χ4n) is 0.899. The van der Waals surface area contributed by atoms with Crippen molar-refractivity contribution in [3.05, 3.63) is 24.3 Å². The molecule has 1 amide bonds. The van der Waals surface area contributed by atoms with E-state index in [-0.39, 0.29) is 11.7 Å². The Bertz CT molecular complexity index is 282. The van der Waals surface area contributed by atoms with Crippen LogP contribution in [0.15, 0.2) is 24.3 Å². The number of amides is 1. The van der Waals surface area contributed by atoms with Crippen LogP contribution < -0.4 is 11.1 Å². The van der Waals surface area contributed by atoms with Crippen molar-refractivity contribution in [1.82, 2.24) is 0 Å². The second kappa shape index (κ2) is 4.47. The highest BCUT2D eigenvalue weighted by Gasteiger charge is 1.99. The first-order valence-corrected chi connectivity index (χ1v) is 4.01. The molecule has 0 radical (unpaired) electrons. The molecular formula is C9H12N2O2. The highest BCUT2D eigenvalue weighted by atomic mass is 16.3. The molecule has 0 aliphatic carbocycles. The lowest BCUT2D eigenvalue weighted by atomic mass is 10.3. The van der Waals surface area contributed by atoms with Crippen LogP contribution in [-0.2, 0) is 4.79 Å². The summed E-state index contributed by atoms with van der Waals surface area (Å²) in [6.07, 6.45) is 0.306. The van der Waals surface area contributed by atoms with Gasteiger partial charge in [0, 0.05) is 18.7 Å². The van der Waals surface area contributed by atoms with Crippen LogP contribution in [0.1, 0.15) is 6.42 Å². The lowest BCUT2D eigenvalue weighted by Crippen LogP contribution is -2.15. The van der Waals surface area contributed by atoms with Crippen molar-refractivity contribution in [2.24, 2.45) is 5.73 Å². The summed E-state index contributed by atoms with van der Waals surface area (Å²) in [5.41, 5.74) is 5.87. The van der Waals surface area contributed by atoms with Crippen LogP contribution in [0.4, 0.5) is 5.69 Å². The number of carbonyl (C=O) groups excluding carboxylic acids is 1. The third kappa shape index (κ3) is 3.13. The number of phenolic OH excluding ortho intramolecular Hbond substituents is 1. The molecule has 0 saturated carbocycles. The van der Waals surface area contributed by atoms with Crippen LogP contribution in [0.3, 0.4) is 0 Å². The number of anilines is 1. The van der Waals surface area contributed by atoms with Crippen molar-refractivity contribution in [3.63, 3.8) is 0 Å². The Morgan fingerprint density at radius 1 is 1.38 bits per heavy atom. The van der Waals surface area contributed by atoms with Gasteiger partial charge in [0.25, 0.3) is 0 Å². The molecule has 0 fully saturated rings. The molecule has 0 aliphatic heterocycles. The van der Waals surface area contributed by atoms with Gasteiger partial charge < -0.3 is 16.2 Å². The molecule has 0 bridgehead atoms. The summed E-state index contributed by atoms with van der Waals surface area (Å²) < 4.78 is 0. The summed E-state index contributed by atoms with van der Waals surface area (Å²) in [6, 6.07) is 6.28. The molecule has 0 aliphatic rings. The molecule has 4 heteroatoms. The Hall–Kier alpha value is -1.55. The van der Waals surface area contributed by atoms with Crippen LogP contribution in [0.25, 0.3) is 0 Å². The molecule has 0 heterocycles. The van der Waals surface area contributed by atoms with Gasteiger partial charge >= 0.3 is 0 Å². The number of aromatic hydroxyl groups is 1. The Morgan fingerprint density at radius 2 is 2.00 bits per heavy atom. The van der Waals surface area contributed by atoms with E-state index in [1.807, 2.05) is 0 Å². The Balaban J connectivity index is 2.54. The van der Waals surface area contributed by atoms with E-state index in [0.717, 1.165) is 0 Å². The van der Waals surface area contributed by atoms with E-state index >= 15 is 0 Å². The summed E-state index contributed by atoms with van der Waals surface area (Å²) in [7, 11) is 0. The minimum absolute atomic E-state index is 0.117. The van der Waals surface area contributed by atoms with Crippen LogP contribution in [0, 0.1) is 0 Å². The van der Waals surface area contributed by atoms with Gasteiger partial charge in [-0.15, -0.1) is 0 Å². The lowest BCUT2D eigenvalue weighted by molar-refractivity contribution is -0.116. The highest BCUT2D eigenvalue weighted by molar-refractivity contribution is 5.90. The predicted molar refractivity (Wildman–Crippen MR) is 50.4 cm³/mol. The SMILES string of the molecule is NCCC(=O)Nc1ccc(O)cc1. The van der Waals surface area contributed by atoms with Crippen molar-refractivity contribution in [1.29, 1.82) is 0 Å². The average Bonchev–Trinajstić information content (AvgIpc) is 2.09. The Morgan fingerprint density at radius 3 is 2.54 bits per heavy atom. The molecule has 13 heavy (non-hydrogen) atoms. The second-order valence-electron chi connectivity index (χ2n) is 2.63. The molecule has 0 saturated heterocycles. The third-order valence-electron chi connectivity index (χ3n) is 1.52. The molecule has 0 atom stereocenters. The quantitative estimate of drug-likeness (QED) is 0.599. The van der Waals surface area contributed by atoms with Crippen LogP contribution in [-0.4, -0.2) is 17.6 Å². The fourth-order valence-corrected chi connectivity index (χ4v) is 0.899. The first-order valence-electron chi connectivity index (χ1n) is 4.01. The smallest absolute Gasteiger partial charge is 0.225 e. The van der Waals surface area contributed by atoms with Crippen molar-refractivity contribution in [2.75, 3.05) is 11.9 Å². The molecule has 0 unspecified atom stereocenters. The summed E-state index contributed by atoms with van der Waals surface area (Å²) in [6.45, 7) is 0.337. The fraction of sp³-hybridized carbons (Fsp3) is 0.222. The van der Waals surface area contributed by atoms with E-state index in [9.17, 15) is 4.79 Å². The number of carbonyl (C=O) groups is 1. The minimum Gasteiger partial charge on any atom is -0.508 e. The van der Waals surface area contributed by atoms with Gasteiger partial charge in [0.2, 0.25) is 5.91 Å². The standard InChI is InChI=1S/C9H12N2O2/c10-6-5-9(13)11-7-1-3-8(12)4-2-7/h1-4,12H,5-6,10H2,(H,11,13). The largest absolute Gasteiger partial charge is 0.508 e. The molecule has 4 N–H and O–H groups in total. The van der Waals surface area contributed by atoms with Crippen molar-refractivity contribution in [2.45, 2.75) is 6.42 Å². The van der Waals surface area contributed by atoms with Gasteiger partial charge in [-0.05, 0) is 24.3 Å². The van der Waals surface area contributed by atoms with Crippen molar-refractivity contribution in [3.8, 4) is 5.75 Å². The number of nitrogens with one attached hydrogen (secondary N) is 1. The second-order valence-corrected chi connectivity index (χ2v) is 2.63. The number of hydrogen-bond acceptors (Lipinski definition) is 3. The predicted octanol–water partition coefficient (Wildman–Crippen LogP) is 0.679. The number of rotatable bonds is 3. The maximum atomic E-state index is 11.0. The summed E-state index contributed by atoms with van der Waals surface area (Å²) in [4.78, 5) is 11.0. The number of benzene rings is 1. The monoisotopic (exact) mass is 180 g/mol. The van der Waals surface area contributed by atoms with Crippen molar-refractivity contribution >= 4 is 11.6 Å². The van der Waals surface area contributed by atoms with E-state index in [1.165, 1.54) is 12.1 Å². The zero-order valence-corrected chi connectivity index (χ0v) is 7.16. The topological polar surface area (TPSA) is 75.4 Å². The summed E-state index contributed by atoms with van der Waals surface area (Å²) in [5.74, 6) is 0.0602. The molecular weight excluding hydrogens is 168 g/mol. The molecule has 1 aromatic carbocycles. The van der Waals surface area contributed by atoms with E-state index in [2.05, 4.69) is 5.32 Å². The third-order valence-corrected chi connectivity index (χ3v) is 1.52. The zero-order valence-electron chi connectivity index (χ0n) is 7.16. The normalized spacial score (nSPS) is 9.62. The maximum Gasteiger partial charge on any atom is 0.225 e. The van der Waals surface area contributed by atoms with E-state index in [0.29, 0.717) is 18.7 Å². The van der Waals surface area contributed by atoms with Gasteiger partial charge in [-0.3, -0.25) is 4.79 Å². The molecule has 0 spiro atoms. The molecule has 70 valence electrons. The first kappa shape index (κ1) is 9.54. The first-order chi connectivity index (χ1) is 6.22. The van der Waals surface area contributed by atoms with Crippen LogP contribution in [0.5, 0.6) is 5.75 Å². The van der Waals surface area contributed by atoms with Crippen LogP contribution >= 0.6 is 0 Å². The zero-order chi connectivity index (χ0) is 9.68. The minimum atomic E-state index is -0.117. The van der Waals surface area contributed by atoms with Gasteiger partial charge in [0.15, 0.2) is 0 Å². The number of hydrogen-bond donors (Lipinski definition) is 3. The van der Waals surface area contributed by atoms with Gasteiger partial charge in [0.05, 0.1) is 0 Å². The Kier molecular flexibility index (Phi) is 3.28. The maximum absolute atomic E-state index is 11.0. The molecule has 0 aromatic heterocycles. The highest BCUT2D eigenvalue weighted by Crippen LogP contribution is 2.13. The number of phenols is 1. The van der Waals surface area contributed by atoms with Gasteiger partial charge in [0.1, 0.15) is 5.75 Å². The Labute approximate surface area is 76.4 Å². The molecule has 1 rings (SSSR count). The van der Waals surface area contributed by atoms with E-state index < -0.39 is 0 Å². The number of nitrogens with two attached hydrogens (primary N) is 1. The van der Waals surface area contributed by atoms with Gasteiger partial charge in [-0.25, -0.2) is 0 Å². The van der Waals surface area contributed by atoms with Crippen molar-refractivity contribution < 1.29 is 9.90 Å². The van der Waals surface area contributed by atoms with E-state index in [4.69, 9.17) is 10.8 Å².